The topological polar surface area (TPSA) is 32.3 Å². The molecule has 1 aliphatic rings. The van der Waals surface area contributed by atoms with E-state index in [0.717, 1.165) is 32.5 Å². The van der Waals surface area contributed by atoms with Crippen LogP contribution in [0.5, 0.6) is 0 Å². The normalized spacial score (nSPS) is 22.8. The van der Waals surface area contributed by atoms with Gasteiger partial charge in [0, 0.05) is 13.1 Å². The molecule has 1 aliphatic heterocycles. The number of amides is 1. The standard InChI is InChI=1S/C17H34N2O/c1-4-6-8-13-19(14-9-7-5-2)17(20)16-15(3)11-10-12-18-16/h15-16,18H,4-14H2,1-3H3. The van der Waals surface area contributed by atoms with E-state index in [-0.39, 0.29) is 6.04 Å². The van der Waals surface area contributed by atoms with Crippen LogP contribution in [0.25, 0.3) is 0 Å². The van der Waals surface area contributed by atoms with E-state index in [2.05, 4.69) is 31.0 Å². The van der Waals surface area contributed by atoms with Crippen molar-refractivity contribution in [1.29, 1.82) is 0 Å². The molecule has 0 aliphatic carbocycles. The Kier molecular flexibility index (Phi) is 8.92. The van der Waals surface area contributed by atoms with Crippen LogP contribution in [0.1, 0.15) is 72.1 Å². The highest BCUT2D eigenvalue weighted by Gasteiger charge is 2.30. The van der Waals surface area contributed by atoms with Gasteiger partial charge in [-0.25, -0.2) is 0 Å². The molecule has 0 spiro atoms. The average molecular weight is 282 g/mol. The van der Waals surface area contributed by atoms with Crippen molar-refractivity contribution in [3.63, 3.8) is 0 Å². The zero-order valence-electron chi connectivity index (χ0n) is 13.8. The number of nitrogens with zero attached hydrogens (tertiary/aromatic N) is 1. The molecule has 1 N–H and O–H groups in total. The SMILES string of the molecule is CCCCCN(CCCCC)C(=O)C1NCCCC1C. The van der Waals surface area contributed by atoms with Crippen LogP contribution in [0.3, 0.4) is 0 Å². The van der Waals surface area contributed by atoms with E-state index < -0.39 is 0 Å². The molecule has 2 atom stereocenters. The summed E-state index contributed by atoms with van der Waals surface area (Å²) in [7, 11) is 0. The smallest absolute Gasteiger partial charge is 0.239 e. The zero-order chi connectivity index (χ0) is 14.8. The van der Waals surface area contributed by atoms with Crippen LogP contribution in [0, 0.1) is 5.92 Å². The Morgan fingerprint density at radius 1 is 1.10 bits per heavy atom. The van der Waals surface area contributed by atoms with Gasteiger partial charge in [-0.05, 0) is 38.1 Å². The van der Waals surface area contributed by atoms with E-state index in [1.54, 1.807) is 0 Å². The summed E-state index contributed by atoms with van der Waals surface area (Å²) in [6.07, 6.45) is 9.57. The van der Waals surface area contributed by atoms with Crippen molar-refractivity contribution >= 4 is 5.91 Å². The fourth-order valence-electron chi connectivity index (χ4n) is 3.01. The quantitative estimate of drug-likeness (QED) is 0.656. The van der Waals surface area contributed by atoms with Crippen LogP contribution in [0.2, 0.25) is 0 Å². The summed E-state index contributed by atoms with van der Waals surface area (Å²) in [4.78, 5) is 14.9. The van der Waals surface area contributed by atoms with E-state index in [1.165, 1.54) is 38.5 Å². The number of carbonyl (C=O) groups is 1. The lowest BCUT2D eigenvalue weighted by molar-refractivity contribution is -0.135. The molecule has 1 saturated heterocycles. The third kappa shape index (κ3) is 5.82. The van der Waals surface area contributed by atoms with Gasteiger partial charge in [0.05, 0.1) is 6.04 Å². The number of nitrogens with one attached hydrogen (secondary N) is 1. The molecule has 1 fully saturated rings. The molecular weight excluding hydrogens is 248 g/mol. The number of piperidine rings is 1. The minimum atomic E-state index is 0.0620. The zero-order valence-corrected chi connectivity index (χ0v) is 13.8. The molecule has 1 heterocycles. The molecule has 118 valence electrons. The third-order valence-electron chi connectivity index (χ3n) is 4.41. The molecule has 0 bridgehead atoms. The minimum Gasteiger partial charge on any atom is -0.341 e. The van der Waals surface area contributed by atoms with Gasteiger partial charge in [-0.2, -0.15) is 0 Å². The third-order valence-corrected chi connectivity index (χ3v) is 4.41. The summed E-state index contributed by atoms with van der Waals surface area (Å²) in [5.41, 5.74) is 0. The first-order valence-electron chi connectivity index (χ1n) is 8.72. The molecule has 3 heteroatoms. The molecule has 0 aromatic rings. The molecule has 0 saturated carbocycles. The highest BCUT2D eigenvalue weighted by Crippen LogP contribution is 2.18. The molecular formula is C17H34N2O. The highest BCUT2D eigenvalue weighted by molar-refractivity contribution is 5.82. The first kappa shape index (κ1) is 17.5. The number of hydrogen-bond acceptors (Lipinski definition) is 2. The predicted octanol–water partition coefficient (Wildman–Crippen LogP) is 3.58. The Labute approximate surface area is 125 Å². The maximum Gasteiger partial charge on any atom is 0.239 e. The molecule has 1 rings (SSSR count). The lowest BCUT2D eigenvalue weighted by Crippen LogP contribution is -2.52. The second-order valence-electron chi connectivity index (χ2n) is 6.29. The first-order valence-corrected chi connectivity index (χ1v) is 8.72. The van der Waals surface area contributed by atoms with Crippen molar-refractivity contribution < 1.29 is 4.79 Å². The summed E-state index contributed by atoms with van der Waals surface area (Å²) in [5, 5.41) is 3.44. The van der Waals surface area contributed by atoms with Crippen molar-refractivity contribution in [1.82, 2.24) is 10.2 Å². The Morgan fingerprint density at radius 3 is 2.20 bits per heavy atom. The van der Waals surface area contributed by atoms with Gasteiger partial charge in [0.2, 0.25) is 5.91 Å². The molecule has 20 heavy (non-hydrogen) atoms. The Balaban J connectivity index is 2.51. The first-order chi connectivity index (χ1) is 9.70. The van der Waals surface area contributed by atoms with Crippen LogP contribution < -0.4 is 5.32 Å². The Bertz CT molecular complexity index is 258. The lowest BCUT2D eigenvalue weighted by Gasteiger charge is -2.34. The minimum absolute atomic E-state index is 0.0620. The second kappa shape index (κ2) is 10.2. The van der Waals surface area contributed by atoms with Gasteiger partial charge in [-0.3, -0.25) is 4.79 Å². The van der Waals surface area contributed by atoms with E-state index in [4.69, 9.17) is 0 Å². The van der Waals surface area contributed by atoms with Crippen molar-refractivity contribution in [3.8, 4) is 0 Å². The van der Waals surface area contributed by atoms with E-state index in [0.29, 0.717) is 11.8 Å². The van der Waals surface area contributed by atoms with Crippen molar-refractivity contribution in [2.45, 2.75) is 78.2 Å². The number of hydrogen-bond donors (Lipinski definition) is 1. The molecule has 0 radical (unpaired) electrons. The summed E-state index contributed by atoms with van der Waals surface area (Å²) in [5.74, 6) is 0.834. The molecule has 0 aromatic carbocycles. The number of rotatable bonds is 9. The largest absolute Gasteiger partial charge is 0.341 e. The van der Waals surface area contributed by atoms with Gasteiger partial charge < -0.3 is 10.2 Å². The fraction of sp³-hybridized carbons (Fsp3) is 0.941. The lowest BCUT2D eigenvalue weighted by atomic mass is 9.91. The van der Waals surface area contributed by atoms with Crippen molar-refractivity contribution in [3.05, 3.63) is 0 Å². The van der Waals surface area contributed by atoms with E-state index >= 15 is 0 Å². The molecule has 1 amide bonds. The number of unbranched alkanes of at least 4 members (excludes halogenated alkanes) is 4. The van der Waals surface area contributed by atoms with Crippen molar-refractivity contribution in [2.75, 3.05) is 19.6 Å². The maximum absolute atomic E-state index is 12.8. The van der Waals surface area contributed by atoms with Crippen LogP contribution in [0.15, 0.2) is 0 Å². The molecule has 3 nitrogen and oxygen atoms in total. The van der Waals surface area contributed by atoms with Crippen LogP contribution in [0.4, 0.5) is 0 Å². The summed E-state index contributed by atoms with van der Waals surface area (Å²) >= 11 is 0. The monoisotopic (exact) mass is 282 g/mol. The van der Waals surface area contributed by atoms with E-state index in [9.17, 15) is 4.79 Å². The van der Waals surface area contributed by atoms with Gasteiger partial charge >= 0.3 is 0 Å². The molecule has 2 unspecified atom stereocenters. The van der Waals surface area contributed by atoms with E-state index in [1.807, 2.05) is 0 Å². The van der Waals surface area contributed by atoms with Gasteiger partial charge in [-0.1, -0.05) is 46.5 Å². The maximum atomic E-state index is 12.8. The van der Waals surface area contributed by atoms with Gasteiger partial charge in [0.1, 0.15) is 0 Å². The fourth-order valence-corrected chi connectivity index (χ4v) is 3.01. The number of carbonyl (C=O) groups excluding carboxylic acids is 1. The van der Waals surface area contributed by atoms with Crippen LogP contribution in [-0.2, 0) is 4.79 Å². The summed E-state index contributed by atoms with van der Waals surface area (Å²) < 4.78 is 0. The second-order valence-corrected chi connectivity index (χ2v) is 6.29. The van der Waals surface area contributed by atoms with Crippen LogP contribution in [-0.4, -0.2) is 36.5 Å². The molecule has 0 aromatic heterocycles. The Morgan fingerprint density at radius 2 is 1.70 bits per heavy atom. The van der Waals surface area contributed by atoms with Crippen molar-refractivity contribution in [2.24, 2.45) is 5.92 Å². The predicted molar refractivity (Wildman–Crippen MR) is 85.8 cm³/mol. The van der Waals surface area contributed by atoms with Crippen LogP contribution >= 0.6 is 0 Å². The summed E-state index contributed by atoms with van der Waals surface area (Å²) in [6.45, 7) is 9.54. The highest BCUT2D eigenvalue weighted by atomic mass is 16.2. The van der Waals surface area contributed by atoms with Gasteiger partial charge in [0.25, 0.3) is 0 Å². The van der Waals surface area contributed by atoms with Gasteiger partial charge in [-0.15, -0.1) is 0 Å². The Hall–Kier alpha value is -0.570. The average Bonchev–Trinajstić information content (AvgIpc) is 2.46. The summed E-state index contributed by atoms with van der Waals surface area (Å²) in [6, 6.07) is 0.0620. The van der Waals surface area contributed by atoms with Gasteiger partial charge in [0.15, 0.2) is 0 Å².